The van der Waals surface area contributed by atoms with E-state index in [4.69, 9.17) is 19.7 Å². The number of hydrogen-bond donors (Lipinski definition) is 2. The molecule has 0 amide bonds. The van der Waals surface area contributed by atoms with Crippen LogP contribution in [-0.2, 0) is 9.59 Å². The Balaban J connectivity index is 3.16. The van der Waals surface area contributed by atoms with Gasteiger partial charge in [0.1, 0.15) is 0 Å². The van der Waals surface area contributed by atoms with Gasteiger partial charge in [-0.1, -0.05) is 6.92 Å². The first-order chi connectivity index (χ1) is 9.88. The summed E-state index contributed by atoms with van der Waals surface area (Å²) >= 11 is 3.27. The number of benzene rings is 1. The van der Waals surface area contributed by atoms with Gasteiger partial charge in [0.15, 0.2) is 17.6 Å². The minimum atomic E-state index is -1.07. The average molecular weight is 359 g/mol. The Kier molecular flexibility index (Phi) is 6.23. The third kappa shape index (κ3) is 4.78. The van der Waals surface area contributed by atoms with E-state index in [1.807, 2.05) is 0 Å². The number of hydrogen-bond acceptors (Lipinski definition) is 4. The van der Waals surface area contributed by atoms with E-state index in [1.165, 1.54) is 13.2 Å². The molecule has 1 aromatic rings. The van der Waals surface area contributed by atoms with Crippen molar-refractivity contribution in [3.8, 4) is 11.5 Å². The Labute approximate surface area is 130 Å². The first kappa shape index (κ1) is 17.0. The topological polar surface area (TPSA) is 93.1 Å². The molecule has 0 spiro atoms. The molecule has 0 aliphatic heterocycles. The Morgan fingerprint density at radius 3 is 2.52 bits per heavy atom. The predicted molar refractivity (Wildman–Crippen MR) is 79.7 cm³/mol. The van der Waals surface area contributed by atoms with Crippen molar-refractivity contribution >= 4 is 33.9 Å². The highest BCUT2D eigenvalue weighted by Crippen LogP contribution is 2.38. The molecule has 0 aliphatic rings. The van der Waals surface area contributed by atoms with E-state index in [0.29, 0.717) is 22.2 Å². The number of halogens is 1. The van der Waals surface area contributed by atoms with Crippen molar-refractivity contribution in [3.05, 3.63) is 28.2 Å². The maximum absolute atomic E-state index is 11.0. The Morgan fingerprint density at radius 2 is 2.05 bits per heavy atom. The molecule has 1 unspecified atom stereocenters. The summed E-state index contributed by atoms with van der Waals surface area (Å²) in [5.41, 5.74) is 0.580. The van der Waals surface area contributed by atoms with Gasteiger partial charge in [-0.25, -0.2) is 9.59 Å². The fraction of sp³-hybridized carbons (Fsp3) is 0.286. The lowest BCUT2D eigenvalue weighted by molar-refractivity contribution is -0.145. The lowest BCUT2D eigenvalue weighted by atomic mass is 10.2. The first-order valence-electron chi connectivity index (χ1n) is 6.07. The normalized spacial score (nSPS) is 12.1. The number of carboxylic acids is 2. The van der Waals surface area contributed by atoms with Gasteiger partial charge in [-0.2, -0.15) is 0 Å². The van der Waals surface area contributed by atoms with Crippen LogP contribution in [0.2, 0.25) is 0 Å². The number of methoxy groups -OCH3 is 1. The highest BCUT2D eigenvalue weighted by Gasteiger charge is 2.21. The fourth-order valence-electron chi connectivity index (χ4n) is 1.57. The second-order valence-electron chi connectivity index (χ2n) is 4.06. The second-order valence-corrected chi connectivity index (χ2v) is 4.91. The molecule has 0 heterocycles. The van der Waals surface area contributed by atoms with Gasteiger partial charge >= 0.3 is 11.9 Å². The van der Waals surface area contributed by atoms with Gasteiger partial charge in [0.05, 0.1) is 11.6 Å². The molecule has 1 rings (SSSR count). The van der Waals surface area contributed by atoms with Crippen LogP contribution in [0.5, 0.6) is 11.5 Å². The second kappa shape index (κ2) is 7.68. The van der Waals surface area contributed by atoms with Crippen LogP contribution in [0.25, 0.3) is 6.08 Å². The molecule has 1 atom stereocenters. The summed E-state index contributed by atoms with van der Waals surface area (Å²) in [6.07, 6.45) is 1.70. The van der Waals surface area contributed by atoms with Gasteiger partial charge in [0.2, 0.25) is 0 Å². The monoisotopic (exact) mass is 358 g/mol. The highest BCUT2D eigenvalue weighted by atomic mass is 79.9. The van der Waals surface area contributed by atoms with E-state index in [0.717, 1.165) is 6.08 Å². The molecule has 0 radical (unpaired) electrons. The van der Waals surface area contributed by atoms with Crippen LogP contribution in [0.4, 0.5) is 0 Å². The molecule has 21 heavy (non-hydrogen) atoms. The molecule has 0 saturated carbocycles. The van der Waals surface area contributed by atoms with Crippen molar-refractivity contribution in [2.24, 2.45) is 0 Å². The van der Waals surface area contributed by atoms with E-state index in [2.05, 4.69) is 15.9 Å². The quantitative estimate of drug-likeness (QED) is 0.728. The average Bonchev–Trinajstić information content (AvgIpc) is 2.42. The number of carboxylic acid groups (broad SMARTS) is 2. The fourth-order valence-corrected chi connectivity index (χ4v) is 2.12. The van der Waals surface area contributed by atoms with Crippen LogP contribution in [0, 0.1) is 0 Å². The summed E-state index contributed by atoms with van der Waals surface area (Å²) < 4.78 is 11.1. The molecule has 0 aromatic heterocycles. The minimum Gasteiger partial charge on any atom is -0.493 e. The summed E-state index contributed by atoms with van der Waals surface area (Å²) in [6.45, 7) is 1.70. The zero-order chi connectivity index (χ0) is 16.0. The Hall–Kier alpha value is -2.02. The summed E-state index contributed by atoms with van der Waals surface area (Å²) in [5.74, 6) is -1.56. The van der Waals surface area contributed by atoms with Crippen LogP contribution < -0.4 is 9.47 Å². The number of rotatable bonds is 7. The molecular formula is C14H15BrO6. The molecule has 0 fully saturated rings. The van der Waals surface area contributed by atoms with E-state index in [9.17, 15) is 9.59 Å². The van der Waals surface area contributed by atoms with E-state index in [1.54, 1.807) is 19.1 Å². The zero-order valence-electron chi connectivity index (χ0n) is 11.5. The zero-order valence-corrected chi connectivity index (χ0v) is 13.1. The lowest BCUT2D eigenvalue weighted by Crippen LogP contribution is -2.26. The maximum Gasteiger partial charge on any atom is 0.344 e. The number of ether oxygens (including phenoxy) is 2. The van der Waals surface area contributed by atoms with Crippen molar-refractivity contribution < 1.29 is 29.3 Å². The minimum absolute atomic E-state index is 0.263. The number of carbonyl (C=O) groups is 2. The third-order valence-electron chi connectivity index (χ3n) is 2.58. The molecule has 1 aromatic carbocycles. The van der Waals surface area contributed by atoms with Crippen LogP contribution in [0.15, 0.2) is 22.7 Å². The molecule has 2 N–H and O–H groups in total. The van der Waals surface area contributed by atoms with Gasteiger partial charge in [-0.15, -0.1) is 0 Å². The summed E-state index contributed by atoms with van der Waals surface area (Å²) in [4.78, 5) is 21.6. The van der Waals surface area contributed by atoms with E-state index < -0.39 is 18.0 Å². The van der Waals surface area contributed by atoms with Crippen molar-refractivity contribution in [3.63, 3.8) is 0 Å². The first-order valence-corrected chi connectivity index (χ1v) is 6.86. The van der Waals surface area contributed by atoms with Crippen molar-refractivity contribution in [1.29, 1.82) is 0 Å². The van der Waals surface area contributed by atoms with Gasteiger partial charge in [-0.3, -0.25) is 0 Å². The van der Waals surface area contributed by atoms with Crippen LogP contribution in [-0.4, -0.2) is 35.4 Å². The molecule has 0 saturated heterocycles. The maximum atomic E-state index is 11.0. The van der Waals surface area contributed by atoms with E-state index in [-0.39, 0.29) is 5.75 Å². The van der Waals surface area contributed by atoms with E-state index >= 15 is 0 Å². The standard InChI is InChI=1S/C14H15BrO6/c1-3-10(14(18)19)21-13-9(15)6-8(4-5-12(16)17)7-11(13)20-2/h4-7,10H,3H2,1-2H3,(H,16,17)(H,18,19). The van der Waals surface area contributed by atoms with Crippen LogP contribution in [0.3, 0.4) is 0 Å². The predicted octanol–water partition coefficient (Wildman–Crippen LogP) is 2.80. The van der Waals surface area contributed by atoms with Gasteiger partial charge < -0.3 is 19.7 Å². The molecule has 6 nitrogen and oxygen atoms in total. The smallest absolute Gasteiger partial charge is 0.344 e. The van der Waals surface area contributed by atoms with Crippen LogP contribution in [0.1, 0.15) is 18.9 Å². The summed E-state index contributed by atoms with van der Waals surface area (Å²) in [7, 11) is 1.42. The molecule has 0 aliphatic carbocycles. The molecule has 114 valence electrons. The van der Waals surface area contributed by atoms with Gasteiger partial charge in [0, 0.05) is 6.08 Å². The number of aliphatic carboxylic acids is 2. The Morgan fingerprint density at radius 1 is 1.38 bits per heavy atom. The van der Waals surface area contributed by atoms with Crippen LogP contribution >= 0.6 is 15.9 Å². The van der Waals surface area contributed by atoms with Crippen molar-refractivity contribution in [1.82, 2.24) is 0 Å². The third-order valence-corrected chi connectivity index (χ3v) is 3.17. The Bertz CT molecular complexity index is 567. The van der Waals surface area contributed by atoms with Crippen molar-refractivity contribution in [2.45, 2.75) is 19.4 Å². The summed E-state index contributed by atoms with van der Waals surface area (Å²) in [6, 6.07) is 3.18. The van der Waals surface area contributed by atoms with Crippen molar-refractivity contribution in [2.75, 3.05) is 7.11 Å². The van der Waals surface area contributed by atoms with Gasteiger partial charge in [-0.05, 0) is 46.1 Å². The largest absolute Gasteiger partial charge is 0.493 e. The molecule has 7 heteroatoms. The molecular weight excluding hydrogens is 344 g/mol. The highest BCUT2D eigenvalue weighted by molar-refractivity contribution is 9.10. The molecule has 0 bridgehead atoms. The SMILES string of the molecule is CCC(Oc1c(Br)cc(C=CC(=O)O)cc1OC)C(=O)O. The summed E-state index contributed by atoms with van der Waals surface area (Å²) in [5, 5.41) is 17.6. The van der Waals surface area contributed by atoms with Gasteiger partial charge in [0.25, 0.3) is 0 Å². The lowest BCUT2D eigenvalue weighted by Gasteiger charge is -2.17.